The van der Waals surface area contributed by atoms with Crippen LogP contribution in [-0.2, 0) is 22.5 Å². The number of carboxylic acid groups (broad SMARTS) is 1. The molecular formula is C13H22N2O3S. The Morgan fingerprint density at radius 2 is 2.26 bits per heavy atom. The quantitative estimate of drug-likeness (QED) is 0.528. The van der Waals surface area contributed by atoms with Gasteiger partial charge in [-0.25, -0.2) is 4.98 Å². The number of imidazole rings is 1. The van der Waals surface area contributed by atoms with E-state index in [1.54, 1.807) is 7.11 Å². The van der Waals surface area contributed by atoms with E-state index in [0.29, 0.717) is 0 Å². The number of aryl methyl sites for hydroxylation is 1. The molecule has 1 N–H and O–H groups in total. The highest BCUT2D eigenvalue weighted by Crippen LogP contribution is 2.19. The number of aromatic nitrogens is 2. The average Bonchev–Trinajstić information content (AvgIpc) is 2.78. The van der Waals surface area contributed by atoms with Gasteiger partial charge in [0.25, 0.3) is 0 Å². The van der Waals surface area contributed by atoms with Crippen LogP contribution >= 0.6 is 11.8 Å². The molecule has 19 heavy (non-hydrogen) atoms. The lowest BCUT2D eigenvalue weighted by Gasteiger charge is -2.10. The molecule has 0 aliphatic carbocycles. The molecule has 0 aromatic carbocycles. The molecule has 0 unspecified atom stereocenters. The number of ether oxygens (including phenoxy) is 1. The van der Waals surface area contributed by atoms with Gasteiger partial charge < -0.3 is 14.4 Å². The second kappa shape index (κ2) is 8.98. The van der Waals surface area contributed by atoms with Gasteiger partial charge in [-0.3, -0.25) is 4.79 Å². The smallest absolute Gasteiger partial charge is 0.313 e. The van der Waals surface area contributed by atoms with Crippen LogP contribution in [0.4, 0.5) is 0 Å². The van der Waals surface area contributed by atoms with E-state index in [1.165, 1.54) is 17.5 Å². The third-order valence-electron chi connectivity index (χ3n) is 2.82. The zero-order chi connectivity index (χ0) is 14.1. The molecule has 108 valence electrons. The minimum atomic E-state index is -0.808. The summed E-state index contributed by atoms with van der Waals surface area (Å²) in [4.78, 5) is 14.9. The lowest BCUT2D eigenvalue weighted by molar-refractivity contribution is -0.133. The van der Waals surface area contributed by atoms with Crippen molar-refractivity contribution < 1.29 is 14.6 Å². The normalized spacial score (nSPS) is 10.8. The van der Waals surface area contributed by atoms with Crippen LogP contribution in [0, 0.1) is 0 Å². The van der Waals surface area contributed by atoms with Crippen molar-refractivity contribution in [3.8, 4) is 0 Å². The predicted molar refractivity (Wildman–Crippen MR) is 75.7 cm³/mol. The Kier molecular flexibility index (Phi) is 7.59. The van der Waals surface area contributed by atoms with E-state index in [4.69, 9.17) is 9.84 Å². The SMILES string of the molecule is CCc1cnc(SCC(=O)O)n1CCCCCOC. The molecular weight excluding hydrogens is 264 g/mol. The molecule has 1 aromatic heterocycles. The Balaban J connectivity index is 2.52. The molecule has 0 spiro atoms. The average molecular weight is 286 g/mol. The Hall–Kier alpha value is -1.01. The highest BCUT2D eigenvalue weighted by Gasteiger charge is 2.10. The fraction of sp³-hybridized carbons (Fsp3) is 0.692. The third kappa shape index (κ3) is 5.65. The van der Waals surface area contributed by atoms with Crippen molar-refractivity contribution in [2.75, 3.05) is 19.5 Å². The van der Waals surface area contributed by atoms with E-state index >= 15 is 0 Å². The number of hydrogen-bond donors (Lipinski definition) is 1. The highest BCUT2D eigenvalue weighted by atomic mass is 32.2. The van der Waals surface area contributed by atoms with Crippen LogP contribution < -0.4 is 0 Å². The summed E-state index contributed by atoms with van der Waals surface area (Å²) in [6, 6.07) is 0. The van der Waals surface area contributed by atoms with Crippen LogP contribution in [0.2, 0.25) is 0 Å². The summed E-state index contributed by atoms with van der Waals surface area (Å²) in [5, 5.41) is 9.54. The van der Waals surface area contributed by atoms with Crippen LogP contribution in [0.1, 0.15) is 31.9 Å². The van der Waals surface area contributed by atoms with Gasteiger partial charge in [0.1, 0.15) is 0 Å². The monoisotopic (exact) mass is 286 g/mol. The minimum Gasteiger partial charge on any atom is -0.481 e. The Labute approximate surface area is 118 Å². The van der Waals surface area contributed by atoms with Crippen molar-refractivity contribution >= 4 is 17.7 Å². The van der Waals surface area contributed by atoms with Crippen LogP contribution in [0.15, 0.2) is 11.4 Å². The Morgan fingerprint density at radius 1 is 1.47 bits per heavy atom. The second-order valence-electron chi connectivity index (χ2n) is 4.27. The summed E-state index contributed by atoms with van der Waals surface area (Å²) in [6.45, 7) is 3.78. The zero-order valence-corrected chi connectivity index (χ0v) is 12.4. The van der Waals surface area contributed by atoms with Crippen molar-refractivity contribution in [1.82, 2.24) is 9.55 Å². The zero-order valence-electron chi connectivity index (χ0n) is 11.6. The van der Waals surface area contributed by atoms with Crippen LogP contribution in [0.5, 0.6) is 0 Å². The number of thioether (sulfide) groups is 1. The maximum atomic E-state index is 10.6. The molecule has 5 nitrogen and oxygen atoms in total. The topological polar surface area (TPSA) is 64.3 Å². The lowest BCUT2D eigenvalue weighted by Crippen LogP contribution is -2.06. The first-order valence-electron chi connectivity index (χ1n) is 6.57. The summed E-state index contributed by atoms with van der Waals surface area (Å²) < 4.78 is 7.16. The molecule has 0 saturated carbocycles. The van der Waals surface area contributed by atoms with Crippen molar-refractivity contribution in [1.29, 1.82) is 0 Å². The number of carboxylic acids is 1. The number of aliphatic carboxylic acids is 1. The van der Waals surface area contributed by atoms with Gasteiger partial charge in [-0.1, -0.05) is 18.7 Å². The fourth-order valence-electron chi connectivity index (χ4n) is 1.85. The standard InChI is InChI=1S/C13H22N2O3S/c1-3-11-9-14-13(19-10-12(16)17)15(11)7-5-4-6-8-18-2/h9H,3-8,10H2,1-2H3,(H,16,17). The van der Waals surface area contributed by atoms with Gasteiger partial charge >= 0.3 is 5.97 Å². The van der Waals surface area contributed by atoms with Crippen LogP contribution in [0.3, 0.4) is 0 Å². The molecule has 6 heteroatoms. The summed E-state index contributed by atoms with van der Waals surface area (Å²) in [6.07, 6.45) is 5.99. The van der Waals surface area contributed by atoms with E-state index in [0.717, 1.165) is 44.0 Å². The van der Waals surface area contributed by atoms with Gasteiger partial charge in [0, 0.05) is 32.2 Å². The number of nitrogens with zero attached hydrogens (tertiary/aromatic N) is 2. The molecule has 0 fully saturated rings. The summed E-state index contributed by atoms with van der Waals surface area (Å²) in [7, 11) is 1.71. The van der Waals surface area contributed by atoms with E-state index in [2.05, 4.69) is 16.5 Å². The van der Waals surface area contributed by atoms with Crippen molar-refractivity contribution in [2.45, 2.75) is 44.3 Å². The molecule has 1 heterocycles. The number of carbonyl (C=O) groups is 1. The van der Waals surface area contributed by atoms with Crippen LogP contribution in [0.25, 0.3) is 0 Å². The fourth-order valence-corrected chi connectivity index (χ4v) is 2.59. The largest absolute Gasteiger partial charge is 0.481 e. The molecule has 0 saturated heterocycles. The molecule has 0 aliphatic rings. The van der Waals surface area contributed by atoms with Gasteiger partial charge in [0.15, 0.2) is 5.16 Å². The molecule has 0 radical (unpaired) electrons. The summed E-state index contributed by atoms with van der Waals surface area (Å²) in [5.41, 5.74) is 1.17. The predicted octanol–water partition coefficient (Wildman–Crippen LogP) is 2.44. The maximum absolute atomic E-state index is 10.6. The molecule has 0 atom stereocenters. The minimum absolute atomic E-state index is 0.0594. The maximum Gasteiger partial charge on any atom is 0.313 e. The lowest BCUT2D eigenvalue weighted by atomic mass is 10.2. The van der Waals surface area contributed by atoms with Crippen molar-refractivity contribution in [3.05, 3.63) is 11.9 Å². The summed E-state index contributed by atoms with van der Waals surface area (Å²) in [5.74, 6) is -0.748. The third-order valence-corrected chi connectivity index (χ3v) is 3.79. The first-order valence-corrected chi connectivity index (χ1v) is 7.55. The van der Waals surface area contributed by atoms with E-state index in [1.807, 2.05) is 6.20 Å². The first-order chi connectivity index (χ1) is 9.19. The summed E-state index contributed by atoms with van der Waals surface area (Å²) >= 11 is 1.29. The number of unbranched alkanes of at least 4 members (excludes halogenated alkanes) is 2. The molecule has 0 bridgehead atoms. The molecule has 0 amide bonds. The van der Waals surface area contributed by atoms with E-state index in [-0.39, 0.29) is 5.75 Å². The Morgan fingerprint density at radius 3 is 2.89 bits per heavy atom. The molecule has 1 rings (SSSR count). The van der Waals surface area contributed by atoms with Gasteiger partial charge in [-0.05, 0) is 25.7 Å². The number of methoxy groups -OCH3 is 1. The highest BCUT2D eigenvalue weighted by molar-refractivity contribution is 7.99. The molecule has 0 aliphatic heterocycles. The van der Waals surface area contributed by atoms with Gasteiger partial charge in [-0.2, -0.15) is 0 Å². The Bertz CT molecular complexity index is 393. The van der Waals surface area contributed by atoms with Crippen molar-refractivity contribution in [3.63, 3.8) is 0 Å². The van der Waals surface area contributed by atoms with E-state index in [9.17, 15) is 4.79 Å². The van der Waals surface area contributed by atoms with Gasteiger partial charge in [-0.15, -0.1) is 0 Å². The van der Waals surface area contributed by atoms with E-state index < -0.39 is 5.97 Å². The number of rotatable bonds is 10. The van der Waals surface area contributed by atoms with Crippen LogP contribution in [-0.4, -0.2) is 40.1 Å². The van der Waals surface area contributed by atoms with Crippen molar-refractivity contribution in [2.24, 2.45) is 0 Å². The van der Waals surface area contributed by atoms with Gasteiger partial charge in [0.2, 0.25) is 0 Å². The molecule has 1 aromatic rings. The second-order valence-corrected chi connectivity index (χ2v) is 5.22. The first kappa shape index (κ1) is 16.0. The van der Waals surface area contributed by atoms with Gasteiger partial charge in [0.05, 0.1) is 5.75 Å². The number of hydrogen-bond acceptors (Lipinski definition) is 4.